The molecular formula is C17H25N3O4. The molecule has 7 heteroatoms. The normalized spacial score (nSPS) is 20.8. The van der Waals surface area contributed by atoms with Gasteiger partial charge in [-0.05, 0) is 38.8 Å². The monoisotopic (exact) mass is 335 g/mol. The van der Waals surface area contributed by atoms with E-state index >= 15 is 0 Å². The number of ether oxygens (including phenoxy) is 1. The number of hydrogen-bond donors (Lipinski definition) is 2. The van der Waals surface area contributed by atoms with Gasteiger partial charge in [-0.25, -0.2) is 4.98 Å². The summed E-state index contributed by atoms with van der Waals surface area (Å²) in [5.74, 6) is -0.191. The molecule has 0 radical (unpaired) electrons. The van der Waals surface area contributed by atoms with Gasteiger partial charge in [-0.3, -0.25) is 9.59 Å². The quantitative estimate of drug-likeness (QED) is 0.837. The topological polar surface area (TPSA) is 91.8 Å². The van der Waals surface area contributed by atoms with Crippen molar-refractivity contribution in [1.82, 2.24) is 15.2 Å². The van der Waals surface area contributed by atoms with E-state index in [1.807, 2.05) is 13.8 Å². The van der Waals surface area contributed by atoms with Gasteiger partial charge in [0.05, 0.1) is 24.7 Å². The third-order valence-electron chi connectivity index (χ3n) is 3.96. The Morgan fingerprint density at radius 2 is 2.25 bits per heavy atom. The molecule has 0 saturated carbocycles. The van der Waals surface area contributed by atoms with Crippen LogP contribution in [0, 0.1) is 0 Å². The number of aliphatic hydroxyl groups is 1. The molecule has 132 valence electrons. The Kier molecular flexibility index (Phi) is 5.77. The fourth-order valence-electron chi connectivity index (χ4n) is 2.86. The van der Waals surface area contributed by atoms with Gasteiger partial charge in [-0.15, -0.1) is 0 Å². The number of likely N-dealkylation sites (tertiary alicyclic amines) is 1. The van der Waals surface area contributed by atoms with E-state index < -0.39 is 5.60 Å². The van der Waals surface area contributed by atoms with E-state index in [1.165, 1.54) is 7.05 Å². The van der Waals surface area contributed by atoms with Crippen LogP contribution in [-0.4, -0.2) is 58.6 Å². The van der Waals surface area contributed by atoms with Crippen LogP contribution in [0.25, 0.3) is 0 Å². The van der Waals surface area contributed by atoms with Crippen molar-refractivity contribution in [3.05, 3.63) is 23.9 Å². The summed E-state index contributed by atoms with van der Waals surface area (Å²) in [6, 6.07) is 3.35. The Labute approximate surface area is 142 Å². The summed E-state index contributed by atoms with van der Waals surface area (Å²) >= 11 is 0. The average Bonchev–Trinajstić information content (AvgIpc) is 2.53. The summed E-state index contributed by atoms with van der Waals surface area (Å²) in [6.07, 6.45) is 2.59. The molecule has 1 unspecified atom stereocenters. The maximum Gasteiger partial charge on any atom is 0.259 e. The summed E-state index contributed by atoms with van der Waals surface area (Å²) < 4.78 is 5.61. The number of amides is 2. The smallest absolute Gasteiger partial charge is 0.259 e. The standard InChI is InChI=1S/C17H25N3O4/c1-12(2)24-15-13(6-4-8-19-15)16(22)20-9-5-7-17(23,11-20)10-14(21)18-3/h4,6,8,12,23H,5,7,9-11H2,1-3H3,(H,18,21). The van der Waals surface area contributed by atoms with Crippen molar-refractivity contribution >= 4 is 11.8 Å². The average molecular weight is 335 g/mol. The van der Waals surface area contributed by atoms with E-state index in [4.69, 9.17) is 4.74 Å². The number of β-amino-alcohol motifs (C(OH)–C–C–N with tert-alkyl or cyclic N) is 1. The molecule has 2 N–H and O–H groups in total. The van der Waals surface area contributed by atoms with E-state index in [1.54, 1.807) is 23.2 Å². The number of piperidine rings is 1. The maximum absolute atomic E-state index is 12.8. The van der Waals surface area contributed by atoms with Gasteiger partial charge < -0.3 is 20.1 Å². The minimum Gasteiger partial charge on any atom is -0.474 e. The second kappa shape index (κ2) is 7.61. The Morgan fingerprint density at radius 1 is 1.50 bits per heavy atom. The Bertz CT molecular complexity index is 605. The first-order valence-electron chi connectivity index (χ1n) is 8.18. The number of carbonyl (C=O) groups is 2. The number of pyridine rings is 1. The number of nitrogens with zero attached hydrogens (tertiary/aromatic N) is 2. The molecule has 1 aromatic rings. The molecule has 1 aromatic heterocycles. The second-order valence-electron chi connectivity index (χ2n) is 6.43. The minimum absolute atomic E-state index is 0.0182. The highest BCUT2D eigenvalue weighted by Gasteiger charge is 2.37. The first-order valence-corrected chi connectivity index (χ1v) is 8.18. The van der Waals surface area contributed by atoms with Crippen LogP contribution in [0.4, 0.5) is 0 Å². The fourth-order valence-corrected chi connectivity index (χ4v) is 2.86. The summed E-state index contributed by atoms with van der Waals surface area (Å²) in [5, 5.41) is 13.2. The molecule has 1 fully saturated rings. The molecule has 7 nitrogen and oxygen atoms in total. The van der Waals surface area contributed by atoms with E-state index in [-0.39, 0.29) is 36.8 Å². The fraction of sp³-hybridized carbons (Fsp3) is 0.588. The minimum atomic E-state index is -1.20. The van der Waals surface area contributed by atoms with E-state index in [9.17, 15) is 14.7 Å². The molecular weight excluding hydrogens is 310 g/mol. The molecule has 0 aliphatic carbocycles. The molecule has 1 atom stereocenters. The van der Waals surface area contributed by atoms with Crippen LogP contribution in [0.1, 0.15) is 43.5 Å². The van der Waals surface area contributed by atoms with Crippen molar-refractivity contribution in [1.29, 1.82) is 0 Å². The van der Waals surface area contributed by atoms with Crippen LogP contribution >= 0.6 is 0 Å². The van der Waals surface area contributed by atoms with Crippen molar-refractivity contribution in [3.8, 4) is 5.88 Å². The van der Waals surface area contributed by atoms with Gasteiger partial charge in [-0.2, -0.15) is 0 Å². The van der Waals surface area contributed by atoms with E-state index in [0.717, 1.165) is 0 Å². The first kappa shape index (κ1) is 18.2. The third kappa shape index (κ3) is 4.44. The van der Waals surface area contributed by atoms with Crippen molar-refractivity contribution in [2.75, 3.05) is 20.1 Å². The Balaban J connectivity index is 2.16. The number of hydrogen-bond acceptors (Lipinski definition) is 5. The van der Waals surface area contributed by atoms with Crippen molar-refractivity contribution < 1.29 is 19.4 Å². The van der Waals surface area contributed by atoms with E-state index in [0.29, 0.717) is 24.9 Å². The van der Waals surface area contributed by atoms with Gasteiger partial charge in [0, 0.05) is 19.8 Å². The molecule has 1 saturated heterocycles. The highest BCUT2D eigenvalue weighted by Crippen LogP contribution is 2.27. The van der Waals surface area contributed by atoms with Gasteiger partial charge >= 0.3 is 0 Å². The van der Waals surface area contributed by atoms with Gasteiger partial charge in [0.2, 0.25) is 11.8 Å². The lowest BCUT2D eigenvalue weighted by Crippen LogP contribution is -2.52. The Morgan fingerprint density at radius 3 is 2.92 bits per heavy atom. The van der Waals surface area contributed by atoms with Crippen molar-refractivity contribution in [3.63, 3.8) is 0 Å². The van der Waals surface area contributed by atoms with Crippen LogP contribution in [0.15, 0.2) is 18.3 Å². The van der Waals surface area contributed by atoms with Crippen LogP contribution in [-0.2, 0) is 4.79 Å². The van der Waals surface area contributed by atoms with Crippen LogP contribution < -0.4 is 10.1 Å². The highest BCUT2D eigenvalue weighted by atomic mass is 16.5. The molecule has 0 aromatic carbocycles. The molecule has 1 aliphatic rings. The van der Waals surface area contributed by atoms with Gasteiger partial charge in [0.15, 0.2) is 0 Å². The lowest BCUT2D eigenvalue weighted by atomic mass is 9.89. The SMILES string of the molecule is CNC(=O)CC1(O)CCCN(C(=O)c2cccnc2OC(C)C)C1. The summed E-state index contributed by atoms with van der Waals surface area (Å²) in [4.78, 5) is 30.1. The lowest BCUT2D eigenvalue weighted by Gasteiger charge is -2.39. The Hall–Kier alpha value is -2.15. The van der Waals surface area contributed by atoms with Crippen LogP contribution in [0.2, 0.25) is 0 Å². The van der Waals surface area contributed by atoms with Crippen LogP contribution in [0.3, 0.4) is 0 Å². The molecule has 2 rings (SSSR count). The zero-order valence-corrected chi connectivity index (χ0v) is 14.4. The number of aromatic nitrogens is 1. The molecule has 0 bridgehead atoms. The van der Waals surface area contributed by atoms with Gasteiger partial charge in [0.25, 0.3) is 5.91 Å². The first-order chi connectivity index (χ1) is 11.3. The molecule has 0 spiro atoms. The third-order valence-corrected chi connectivity index (χ3v) is 3.96. The summed E-state index contributed by atoms with van der Waals surface area (Å²) in [6.45, 7) is 4.39. The molecule has 1 aliphatic heterocycles. The summed E-state index contributed by atoms with van der Waals surface area (Å²) in [5.41, 5.74) is -0.828. The molecule has 2 amide bonds. The maximum atomic E-state index is 12.8. The van der Waals surface area contributed by atoms with Gasteiger partial charge in [0.1, 0.15) is 5.56 Å². The van der Waals surface area contributed by atoms with E-state index in [2.05, 4.69) is 10.3 Å². The number of carbonyl (C=O) groups excluding carboxylic acids is 2. The van der Waals surface area contributed by atoms with Gasteiger partial charge in [-0.1, -0.05) is 0 Å². The molecule has 2 heterocycles. The zero-order chi connectivity index (χ0) is 17.7. The van der Waals surface area contributed by atoms with Crippen molar-refractivity contribution in [2.45, 2.75) is 44.8 Å². The van der Waals surface area contributed by atoms with Crippen LogP contribution in [0.5, 0.6) is 5.88 Å². The number of nitrogens with one attached hydrogen (secondary N) is 1. The second-order valence-corrected chi connectivity index (χ2v) is 6.43. The zero-order valence-electron chi connectivity index (χ0n) is 14.4. The molecule has 24 heavy (non-hydrogen) atoms. The predicted octanol–water partition coefficient (Wildman–Crippen LogP) is 0.972. The lowest BCUT2D eigenvalue weighted by molar-refractivity contribution is -0.127. The number of rotatable bonds is 5. The predicted molar refractivity (Wildman–Crippen MR) is 88.8 cm³/mol. The largest absolute Gasteiger partial charge is 0.474 e. The van der Waals surface area contributed by atoms with Crippen molar-refractivity contribution in [2.24, 2.45) is 0 Å². The highest BCUT2D eigenvalue weighted by molar-refractivity contribution is 5.96. The summed E-state index contributed by atoms with van der Waals surface area (Å²) in [7, 11) is 1.53.